The zero-order chi connectivity index (χ0) is 19.3. The first kappa shape index (κ1) is 18.5. The van der Waals surface area contributed by atoms with Crippen LogP contribution in [-0.2, 0) is 6.42 Å². The van der Waals surface area contributed by atoms with E-state index in [9.17, 15) is 4.79 Å². The summed E-state index contributed by atoms with van der Waals surface area (Å²) in [5, 5.41) is 5.67. The van der Waals surface area contributed by atoms with Crippen molar-refractivity contribution in [2.24, 2.45) is 0 Å². The van der Waals surface area contributed by atoms with E-state index in [4.69, 9.17) is 4.74 Å². The number of methoxy groups -OCH3 is 1. The van der Waals surface area contributed by atoms with Crippen LogP contribution in [0.25, 0.3) is 0 Å². The summed E-state index contributed by atoms with van der Waals surface area (Å²) >= 11 is 1.50. The Balaban J connectivity index is 1.37. The second kappa shape index (κ2) is 8.44. The predicted molar refractivity (Wildman–Crippen MR) is 114 cm³/mol. The van der Waals surface area contributed by atoms with E-state index in [1.807, 2.05) is 41.8 Å². The van der Waals surface area contributed by atoms with E-state index < -0.39 is 0 Å². The first-order chi connectivity index (χ1) is 13.7. The largest absolute Gasteiger partial charge is 0.497 e. The third-order valence-corrected chi connectivity index (χ3v) is 5.74. The van der Waals surface area contributed by atoms with Gasteiger partial charge >= 0.3 is 0 Å². The highest BCUT2D eigenvalue weighted by Gasteiger charge is 2.14. The number of benzene rings is 2. The number of thiazole rings is 1. The molecule has 4 rings (SSSR count). The summed E-state index contributed by atoms with van der Waals surface area (Å²) in [5.74, 6) is 0.657. The van der Waals surface area contributed by atoms with Crippen LogP contribution in [-0.4, -0.2) is 31.1 Å². The highest BCUT2D eigenvalue weighted by molar-refractivity contribution is 7.09. The predicted octanol–water partition coefficient (Wildman–Crippen LogP) is 4.60. The number of nitrogens with zero attached hydrogens (tertiary/aromatic N) is 2. The van der Waals surface area contributed by atoms with Gasteiger partial charge in [-0.15, -0.1) is 11.3 Å². The molecule has 2 aromatic carbocycles. The van der Waals surface area contributed by atoms with Gasteiger partial charge in [0.1, 0.15) is 11.4 Å². The Morgan fingerprint density at radius 1 is 1.11 bits per heavy atom. The summed E-state index contributed by atoms with van der Waals surface area (Å²) in [6.07, 6.45) is 3.20. The van der Waals surface area contributed by atoms with Crippen molar-refractivity contribution in [3.05, 3.63) is 70.2 Å². The maximum absolute atomic E-state index is 12.5. The van der Waals surface area contributed by atoms with Gasteiger partial charge in [0.05, 0.1) is 12.1 Å². The Bertz CT molecular complexity index is 929. The fourth-order valence-electron chi connectivity index (χ4n) is 3.34. The molecule has 28 heavy (non-hydrogen) atoms. The molecule has 5 nitrogen and oxygen atoms in total. The number of hydrogen-bond donors (Lipinski definition) is 1. The van der Waals surface area contributed by atoms with Crippen molar-refractivity contribution in [2.45, 2.75) is 19.3 Å². The smallest absolute Gasteiger partial charge is 0.275 e. The molecule has 0 bridgehead atoms. The molecule has 0 unspecified atom stereocenters. The first-order valence-corrected chi connectivity index (χ1v) is 10.3. The summed E-state index contributed by atoms with van der Waals surface area (Å²) in [5.41, 5.74) is 3.60. The van der Waals surface area contributed by atoms with E-state index in [2.05, 4.69) is 27.3 Å². The van der Waals surface area contributed by atoms with Gasteiger partial charge in [0.25, 0.3) is 5.91 Å². The number of aromatic nitrogens is 1. The maximum Gasteiger partial charge on any atom is 0.275 e. The van der Waals surface area contributed by atoms with Crippen molar-refractivity contribution in [3.63, 3.8) is 0 Å². The molecular weight excluding hydrogens is 370 g/mol. The number of hydrogen-bond acceptors (Lipinski definition) is 5. The lowest BCUT2D eigenvalue weighted by Gasteiger charge is -2.17. The second-order valence-electron chi connectivity index (χ2n) is 6.85. The number of ether oxygens (including phenoxy) is 1. The molecule has 1 amide bonds. The van der Waals surface area contributed by atoms with E-state index in [0.717, 1.165) is 35.1 Å². The number of carbonyl (C=O) groups is 1. The van der Waals surface area contributed by atoms with E-state index in [1.54, 1.807) is 7.11 Å². The summed E-state index contributed by atoms with van der Waals surface area (Å²) in [6, 6.07) is 15.9. The number of rotatable bonds is 6. The minimum Gasteiger partial charge on any atom is -0.497 e. The van der Waals surface area contributed by atoms with Crippen LogP contribution in [0.4, 0.5) is 11.4 Å². The maximum atomic E-state index is 12.5. The molecule has 0 saturated carbocycles. The molecular formula is C22H23N3O2S. The third-order valence-electron chi connectivity index (χ3n) is 4.90. The number of carbonyl (C=O) groups excluding carboxylic acids is 1. The average molecular weight is 394 g/mol. The normalized spacial score (nSPS) is 13.5. The van der Waals surface area contributed by atoms with E-state index in [0.29, 0.717) is 12.1 Å². The van der Waals surface area contributed by atoms with Crippen molar-refractivity contribution in [1.29, 1.82) is 0 Å². The third kappa shape index (κ3) is 4.34. The molecule has 0 aliphatic carbocycles. The quantitative estimate of drug-likeness (QED) is 0.665. The molecule has 144 valence electrons. The topological polar surface area (TPSA) is 54.5 Å². The molecule has 2 heterocycles. The molecule has 1 aromatic heterocycles. The molecule has 1 N–H and O–H groups in total. The van der Waals surface area contributed by atoms with Gasteiger partial charge in [-0.25, -0.2) is 4.98 Å². The number of nitrogens with one attached hydrogen (secondary N) is 1. The fourth-order valence-corrected chi connectivity index (χ4v) is 4.15. The molecule has 1 aliphatic rings. The standard InChI is InChI=1S/C22H23N3O2S/c1-27-19-10-4-16(5-11-19)14-21-24-20(15-28-21)22(26)23-17-6-8-18(9-7-17)25-12-2-3-13-25/h4-11,15H,2-3,12-14H2,1H3,(H,23,26). The zero-order valence-electron chi connectivity index (χ0n) is 15.9. The molecule has 0 radical (unpaired) electrons. The van der Waals surface area contributed by atoms with Crippen LogP contribution in [0.5, 0.6) is 5.75 Å². The Kier molecular flexibility index (Phi) is 5.58. The highest BCUT2D eigenvalue weighted by Crippen LogP contribution is 2.23. The molecule has 1 saturated heterocycles. The minimum absolute atomic E-state index is 0.175. The fraction of sp³-hybridized carbons (Fsp3) is 0.273. The van der Waals surface area contributed by atoms with Gasteiger partial charge < -0.3 is 15.0 Å². The van der Waals surface area contributed by atoms with E-state index >= 15 is 0 Å². The monoisotopic (exact) mass is 393 g/mol. The number of anilines is 2. The van der Waals surface area contributed by atoms with Crippen LogP contribution in [0.3, 0.4) is 0 Å². The van der Waals surface area contributed by atoms with Gasteiger partial charge in [-0.1, -0.05) is 12.1 Å². The lowest BCUT2D eigenvalue weighted by Crippen LogP contribution is -2.17. The molecule has 1 aliphatic heterocycles. The lowest BCUT2D eigenvalue weighted by atomic mass is 10.1. The van der Waals surface area contributed by atoms with Crippen molar-refractivity contribution >= 4 is 28.6 Å². The number of amides is 1. The molecule has 3 aromatic rings. The molecule has 0 atom stereocenters. The Hall–Kier alpha value is -2.86. The van der Waals surface area contributed by atoms with Crippen molar-refractivity contribution < 1.29 is 9.53 Å². The lowest BCUT2D eigenvalue weighted by molar-refractivity contribution is 0.102. The Morgan fingerprint density at radius 3 is 2.50 bits per heavy atom. The van der Waals surface area contributed by atoms with Crippen LogP contribution in [0.2, 0.25) is 0 Å². The summed E-state index contributed by atoms with van der Waals surface area (Å²) in [6.45, 7) is 2.23. The molecule has 6 heteroatoms. The van der Waals surface area contributed by atoms with Crippen LogP contribution < -0.4 is 15.0 Å². The Morgan fingerprint density at radius 2 is 1.82 bits per heavy atom. The van der Waals surface area contributed by atoms with Crippen molar-refractivity contribution in [2.75, 3.05) is 30.4 Å². The Labute approximate surface area is 169 Å². The van der Waals surface area contributed by atoms with Gasteiger partial charge in [0.15, 0.2) is 0 Å². The zero-order valence-corrected chi connectivity index (χ0v) is 16.7. The van der Waals surface area contributed by atoms with E-state index in [1.165, 1.54) is 29.9 Å². The summed E-state index contributed by atoms with van der Waals surface area (Å²) in [7, 11) is 1.65. The van der Waals surface area contributed by atoms with Gasteiger partial charge in [0, 0.05) is 36.3 Å². The first-order valence-electron chi connectivity index (χ1n) is 9.45. The van der Waals surface area contributed by atoms with E-state index in [-0.39, 0.29) is 5.91 Å². The summed E-state index contributed by atoms with van der Waals surface area (Å²) in [4.78, 5) is 19.4. The van der Waals surface area contributed by atoms with Crippen molar-refractivity contribution in [3.8, 4) is 5.75 Å². The highest BCUT2D eigenvalue weighted by atomic mass is 32.1. The summed E-state index contributed by atoms with van der Waals surface area (Å²) < 4.78 is 5.18. The van der Waals surface area contributed by atoms with Crippen LogP contribution in [0.1, 0.15) is 33.9 Å². The molecule has 1 fully saturated rings. The average Bonchev–Trinajstić information content (AvgIpc) is 3.41. The van der Waals surface area contributed by atoms with Gasteiger partial charge in [0.2, 0.25) is 0 Å². The minimum atomic E-state index is -0.175. The van der Waals surface area contributed by atoms with Gasteiger partial charge in [-0.2, -0.15) is 0 Å². The van der Waals surface area contributed by atoms with Crippen molar-refractivity contribution in [1.82, 2.24) is 4.98 Å². The van der Waals surface area contributed by atoms with Crippen LogP contribution in [0, 0.1) is 0 Å². The van der Waals surface area contributed by atoms with Crippen LogP contribution in [0.15, 0.2) is 53.9 Å². The van der Waals surface area contributed by atoms with Gasteiger partial charge in [-0.05, 0) is 54.8 Å². The molecule has 0 spiro atoms. The van der Waals surface area contributed by atoms with Gasteiger partial charge in [-0.3, -0.25) is 4.79 Å². The SMILES string of the molecule is COc1ccc(Cc2nc(C(=O)Nc3ccc(N4CCCC4)cc3)cs2)cc1. The van der Waals surface area contributed by atoms with Crippen LogP contribution >= 0.6 is 11.3 Å². The second-order valence-corrected chi connectivity index (χ2v) is 7.79.